The van der Waals surface area contributed by atoms with Crippen LogP contribution in [0.2, 0.25) is 0 Å². The summed E-state index contributed by atoms with van der Waals surface area (Å²) in [7, 11) is 3.25. The molecule has 7 nitrogen and oxygen atoms in total. The quantitative estimate of drug-likeness (QED) is 0.517. The second-order valence-corrected chi connectivity index (χ2v) is 9.02. The molecule has 0 aliphatic carbocycles. The van der Waals surface area contributed by atoms with Crippen LogP contribution in [0.3, 0.4) is 0 Å². The molecular formula is C29H30N2O5. The van der Waals surface area contributed by atoms with Crippen molar-refractivity contribution in [3.8, 4) is 17.2 Å². The van der Waals surface area contributed by atoms with Crippen LogP contribution in [0.4, 0.5) is 5.69 Å². The largest absolute Gasteiger partial charge is 0.493 e. The minimum absolute atomic E-state index is 0.00582. The van der Waals surface area contributed by atoms with Gasteiger partial charge in [-0.1, -0.05) is 42.5 Å². The molecule has 0 radical (unpaired) electrons. The standard InChI is InChI=1S/C29H30N2O5/c1-19-29(33)30(23-11-7-8-12-24(23)36-19)16-14-27(32)31-15-13-21-17-25(34-2)26(35-3)18-22(21)28(31)20-9-5-4-6-10-20/h4-12,17-19,28H,13-16H2,1-3H3. The molecule has 2 aliphatic heterocycles. The number of amides is 2. The summed E-state index contributed by atoms with van der Waals surface area (Å²) in [6.45, 7) is 2.60. The van der Waals surface area contributed by atoms with Crippen LogP contribution in [0.15, 0.2) is 66.7 Å². The van der Waals surface area contributed by atoms with Gasteiger partial charge in [0.05, 0.1) is 25.9 Å². The van der Waals surface area contributed by atoms with Crippen LogP contribution in [-0.2, 0) is 16.0 Å². The maximum absolute atomic E-state index is 13.7. The SMILES string of the molecule is COc1cc2c(cc1OC)C(c1ccccc1)N(C(=O)CCN1C(=O)C(C)Oc3ccccc31)CC2. The Bertz CT molecular complexity index is 1280. The fraction of sp³-hybridized carbons (Fsp3) is 0.310. The summed E-state index contributed by atoms with van der Waals surface area (Å²) in [5.74, 6) is 1.83. The number of ether oxygens (including phenoxy) is 3. The van der Waals surface area contributed by atoms with Crippen LogP contribution >= 0.6 is 0 Å². The van der Waals surface area contributed by atoms with Gasteiger partial charge >= 0.3 is 0 Å². The molecular weight excluding hydrogens is 456 g/mol. The maximum Gasteiger partial charge on any atom is 0.267 e. The van der Waals surface area contributed by atoms with Crippen molar-refractivity contribution in [3.63, 3.8) is 0 Å². The first-order valence-corrected chi connectivity index (χ1v) is 12.2. The smallest absolute Gasteiger partial charge is 0.267 e. The molecule has 5 rings (SSSR count). The van der Waals surface area contributed by atoms with Crippen molar-refractivity contribution in [2.75, 3.05) is 32.2 Å². The van der Waals surface area contributed by atoms with Crippen molar-refractivity contribution in [2.45, 2.75) is 31.9 Å². The Morgan fingerprint density at radius 1 is 1.00 bits per heavy atom. The molecule has 2 unspecified atom stereocenters. The zero-order chi connectivity index (χ0) is 25.2. The van der Waals surface area contributed by atoms with Crippen molar-refractivity contribution in [1.82, 2.24) is 4.90 Å². The Kier molecular flexibility index (Phi) is 6.55. The second-order valence-electron chi connectivity index (χ2n) is 9.02. The maximum atomic E-state index is 13.7. The summed E-state index contributed by atoms with van der Waals surface area (Å²) in [6, 6.07) is 21.2. The highest BCUT2D eigenvalue weighted by Crippen LogP contribution is 2.41. The van der Waals surface area contributed by atoms with Gasteiger partial charge in [-0.05, 0) is 54.3 Å². The van der Waals surface area contributed by atoms with Crippen LogP contribution in [0.5, 0.6) is 17.2 Å². The molecule has 0 N–H and O–H groups in total. The Morgan fingerprint density at radius 2 is 1.69 bits per heavy atom. The molecule has 0 bridgehead atoms. The van der Waals surface area contributed by atoms with Gasteiger partial charge in [0.25, 0.3) is 5.91 Å². The van der Waals surface area contributed by atoms with Crippen molar-refractivity contribution >= 4 is 17.5 Å². The molecule has 2 heterocycles. The molecule has 0 saturated heterocycles. The number of carbonyl (C=O) groups excluding carboxylic acids is 2. The second kappa shape index (κ2) is 9.93. The fourth-order valence-electron chi connectivity index (χ4n) is 5.15. The lowest BCUT2D eigenvalue weighted by Gasteiger charge is -2.39. The predicted molar refractivity (Wildman–Crippen MR) is 137 cm³/mol. The Labute approximate surface area is 211 Å². The molecule has 0 saturated carbocycles. The van der Waals surface area contributed by atoms with Crippen molar-refractivity contribution in [1.29, 1.82) is 0 Å². The molecule has 0 spiro atoms. The highest BCUT2D eigenvalue weighted by Gasteiger charge is 2.35. The van der Waals surface area contributed by atoms with Gasteiger partial charge < -0.3 is 24.0 Å². The van der Waals surface area contributed by atoms with E-state index in [0.29, 0.717) is 42.4 Å². The lowest BCUT2D eigenvalue weighted by Crippen LogP contribution is -2.47. The number of benzene rings is 3. The van der Waals surface area contributed by atoms with E-state index in [2.05, 4.69) is 0 Å². The number of rotatable bonds is 6. The summed E-state index contributed by atoms with van der Waals surface area (Å²) in [5.41, 5.74) is 3.89. The Morgan fingerprint density at radius 3 is 2.44 bits per heavy atom. The van der Waals surface area contributed by atoms with Crippen LogP contribution in [0.25, 0.3) is 0 Å². The molecule has 186 valence electrons. The van der Waals surface area contributed by atoms with Crippen LogP contribution < -0.4 is 19.1 Å². The first-order valence-electron chi connectivity index (χ1n) is 12.2. The van der Waals surface area contributed by atoms with Gasteiger partial charge in [0, 0.05) is 19.5 Å². The van der Waals surface area contributed by atoms with E-state index in [9.17, 15) is 9.59 Å². The highest BCUT2D eigenvalue weighted by atomic mass is 16.5. The molecule has 36 heavy (non-hydrogen) atoms. The van der Waals surface area contributed by atoms with E-state index in [1.165, 1.54) is 0 Å². The van der Waals surface area contributed by atoms with Gasteiger partial charge in [-0.3, -0.25) is 9.59 Å². The number of hydrogen-bond acceptors (Lipinski definition) is 5. The lowest BCUT2D eigenvalue weighted by atomic mass is 9.87. The van der Waals surface area contributed by atoms with Gasteiger partial charge in [0.2, 0.25) is 5.91 Å². The number of para-hydroxylation sites is 2. The van der Waals surface area contributed by atoms with Crippen LogP contribution in [-0.4, -0.2) is 50.1 Å². The monoisotopic (exact) mass is 486 g/mol. The van der Waals surface area contributed by atoms with Gasteiger partial charge in [-0.25, -0.2) is 0 Å². The summed E-state index contributed by atoms with van der Waals surface area (Å²) < 4.78 is 16.8. The van der Waals surface area contributed by atoms with Crippen LogP contribution in [0, 0.1) is 0 Å². The minimum Gasteiger partial charge on any atom is -0.493 e. The lowest BCUT2D eigenvalue weighted by molar-refractivity contribution is -0.133. The molecule has 2 atom stereocenters. The molecule has 0 aromatic heterocycles. The minimum atomic E-state index is -0.587. The average Bonchev–Trinajstić information content (AvgIpc) is 2.92. The number of hydrogen-bond donors (Lipinski definition) is 0. The predicted octanol–water partition coefficient (Wildman–Crippen LogP) is 4.38. The van der Waals surface area contributed by atoms with Gasteiger partial charge in [-0.15, -0.1) is 0 Å². The van der Waals surface area contributed by atoms with Crippen LogP contribution in [0.1, 0.15) is 36.1 Å². The zero-order valence-electron chi connectivity index (χ0n) is 20.8. The first kappa shape index (κ1) is 23.7. The number of anilines is 1. The Hall–Kier alpha value is -4.00. The van der Waals surface area contributed by atoms with Crippen molar-refractivity contribution in [2.24, 2.45) is 0 Å². The number of nitrogens with zero attached hydrogens (tertiary/aromatic N) is 2. The summed E-state index contributed by atoms with van der Waals surface area (Å²) in [5, 5.41) is 0. The summed E-state index contributed by atoms with van der Waals surface area (Å²) in [6.07, 6.45) is 0.330. The van der Waals surface area contributed by atoms with Gasteiger partial charge in [0.15, 0.2) is 17.6 Å². The van der Waals surface area contributed by atoms with E-state index in [1.807, 2.05) is 71.6 Å². The molecule has 7 heteroatoms. The molecule has 0 fully saturated rings. The topological polar surface area (TPSA) is 68.3 Å². The summed E-state index contributed by atoms with van der Waals surface area (Å²) >= 11 is 0. The Balaban J connectivity index is 1.44. The normalized spacial score (nSPS) is 18.7. The van der Waals surface area contributed by atoms with E-state index >= 15 is 0 Å². The summed E-state index contributed by atoms with van der Waals surface area (Å²) in [4.78, 5) is 30.2. The van der Waals surface area contributed by atoms with E-state index < -0.39 is 6.10 Å². The van der Waals surface area contributed by atoms with E-state index in [4.69, 9.17) is 14.2 Å². The zero-order valence-corrected chi connectivity index (χ0v) is 20.8. The third-order valence-corrected chi connectivity index (χ3v) is 6.93. The molecule has 3 aromatic carbocycles. The molecule has 2 amide bonds. The fourth-order valence-corrected chi connectivity index (χ4v) is 5.15. The first-order chi connectivity index (χ1) is 17.5. The van der Waals surface area contributed by atoms with Gasteiger partial charge in [0.1, 0.15) is 5.75 Å². The van der Waals surface area contributed by atoms with E-state index in [1.54, 1.807) is 26.0 Å². The molecule has 3 aromatic rings. The molecule has 2 aliphatic rings. The number of methoxy groups -OCH3 is 2. The average molecular weight is 487 g/mol. The highest BCUT2D eigenvalue weighted by molar-refractivity contribution is 6.00. The third-order valence-electron chi connectivity index (χ3n) is 6.93. The third kappa shape index (κ3) is 4.26. The van der Waals surface area contributed by atoms with E-state index in [0.717, 1.165) is 16.7 Å². The van der Waals surface area contributed by atoms with E-state index in [-0.39, 0.29) is 24.3 Å². The van der Waals surface area contributed by atoms with Crippen molar-refractivity contribution < 1.29 is 23.8 Å². The van der Waals surface area contributed by atoms with Crippen molar-refractivity contribution in [3.05, 3.63) is 83.4 Å². The number of carbonyl (C=O) groups is 2. The number of fused-ring (bicyclic) bond motifs is 2. The van der Waals surface area contributed by atoms with Gasteiger partial charge in [-0.2, -0.15) is 0 Å².